The van der Waals surface area contributed by atoms with Crippen LogP contribution in [0.2, 0.25) is 0 Å². The van der Waals surface area contributed by atoms with Gasteiger partial charge in [0.2, 0.25) is 0 Å². The molecule has 1 aliphatic carbocycles. The number of fused-ring (bicyclic) bond motifs is 1. The van der Waals surface area contributed by atoms with E-state index in [0.717, 1.165) is 43.5 Å². The molecule has 1 heterocycles. The average Bonchev–Trinajstić information content (AvgIpc) is 2.57. The lowest BCUT2D eigenvalue weighted by Crippen LogP contribution is -2.42. The van der Waals surface area contributed by atoms with E-state index in [9.17, 15) is 4.39 Å². The van der Waals surface area contributed by atoms with E-state index in [1.807, 2.05) is 6.07 Å². The molecular formula is C13H17FN2. The van der Waals surface area contributed by atoms with Gasteiger partial charge in [-0.1, -0.05) is 12.1 Å². The Morgan fingerprint density at radius 1 is 1.31 bits per heavy atom. The van der Waals surface area contributed by atoms with Crippen molar-refractivity contribution >= 4 is 0 Å². The van der Waals surface area contributed by atoms with Crippen molar-refractivity contribution in [1.29, 1.82) is 0 Å². The Kier molecular flexibility index (Phi) is 2.26. The van der Waals surface area contributed by atoms with Crippen molar-refractivity contribution in [2.75, 3.05) is 13.1 Å². The Hall–Kier alpha value is -0.930. The molecule has 1 fully saturated rings. The van der Waals surface area contributed by atoms with Crippen LogP contribution in [0.4, 0.5) is 4.39 Å². The third-order valence-electron chi connectivity index (χ3n) is 4.28. The van der Waals surface area contributed by atoms with E-state index in [-0.39, 0.29) is 17.3 Å². The highest BCUT2D eigenvalue weighted by atomic mass is 19.1. The molecule has 0 radical (unpaired) electrons. The summed E-state index contributed by atoms with van der Waals surface area (Å²) >= 11 is 0. The van der Waals surface area contributed by atoms with Gasteiger partial charge in [-0.15, -0.1) is 0 Å². The minimum Gasteiger partial charge on any atom is -0.323 e. The summed E-state index contributed by atoms with van der Waals surface area (Å²) in [6, 6.07) is 5.32. The maximum absolute atomic E-state index is 13.7. The molecule has 1 aromatic rings. The monoisotopic (exact) mass is 220 g/mol. The molecule has 2 nitrogen and oxygen atoms in total. The number of hydrogen-bond donors (Lipinski definition) is 2. The van der Waals surface area contributed by atoms with Gasteiger partial charge in [0.25, 0.3) is 0 Å². The highest BCUT2D eigenvalue weighted by molar-refractivity contribution is 5.39. The quantitative estimate of drug-likeness (QED) is 0.699. The summed E-state index contributed by atoms with van der Waals surface area (Å²) in [6.07, 6.45) is 2.93. The molecule has 1 atom stereocenters. The van der Waals surface area contributed by atoms with E-state index in [1.54, 1.807) is 12.1 Å². The van der Waals surface area contributed by atoms with Gasteiger partial charge in [0.05, 0.1) is 0 Å². The Bertz CT molecular complexity index is 410. The van der Waals surface area contributed by atoms with Crippen molar-refractivity contribution in [2.24, 2.45) is 11.1 Å². The van der Waals surface area contributed by atoms with Gasteiger partial charge in [-0.2, -0.15) is 0 Å². The zero-order valence-corrected chi connectivity index (χ0v) is 9.30. The van der Waals surface area contributed by atoms with Crippen molar-refractivity contribution in [3.8, 4) is 0 Å². The Labute approximate surface area is 95.0 Å². The number of piperidine rings is 1. The molecule has 3 rings (SSSR count). The fourth-order valence-corrected chi connectivity index (χ4v) is 3.26. The van der Waals surface area contributed by atoms with Gasteiger partial charge < -0.3 is 11.1 Å². The van der Waals surface area contributed by atoms with E-state index in [4.69, 9.17) is 5.73 Å². The summed E-state index contributed by atoms with van der Waals surface area (Å²) in [5, 5.41) is 3.35. The molecule has 3 N–H and O–H groups in total. The van der Waals surface area contributed by atoms with E-state index in [1.165, 1.54) is 0 Å². The van der Waals surface area contributed by atoms with Crippen molar-refractivity contribution in [3.63, 3.8) is 0 Å². The number of halogens is 1. The second-order valence-electron chi connectivity index (χ2n) is 5.07. The zero-order chi connectivity index (χ0) is 11.2. The molecule has 0 amide bonds. The summed E-state index contributed by atoms with van der Waals surface area (Å²) in [5.41, 5.74) is 8.33. The molecule has 3 heteroatoms. The lowest BCUT2D eigenvalue weighted by molar-refractivity contribution is 0.173. The third kappa shape index (κ3) is 1.31. The predicted octanol–water partition coefficient (Wildman–Crippen LogP) is 1.75. The molecular weight excluding hydrogens is 203 g/mol. The normalized spacial score (nSPS) is 27.0. The standard InChI is InChI=1S/C13H17FN2/c14-11-3-1-2-9-10(11)8-13(12(9)15)4-6-16-7-5-13/h1-3,12,16H,4-8,15H2. The smallest absolute Gasteiger partial charge is 0.126 e. The van der Waals surface area contributed by atoms with Gasteiger partial charge in [-0.25, -0.2) is 4.39 Å². The van der Waals surface area contributed by atoms with E-state index >= 15 is 0 Å². The van der Waals surface area contributed by atoms with Crippen LogP contribution in [0.15, 0.2) is 18.2 Å². The first-order valence-electron chi connectivity index (χ1n) is 5.97. The van der Waals surface area contributed by atoms with Gasteiger partial charge >= 0.3 is 0 Å². The highest BCUT2D eigenvalue weighted by Crippen LogP contribution is 2.50. The average molecular weight is 220 g/mol. The lowest BCUT2D eigenvalue weighted by Gasteiger charge is -2.37. The number of nitrogens with one attached hydrogen (secondary N) is 1. The molecule has 1 spiro atoms. The van der Waals surface area contributed by atoms with Crippen molar-refractivity contribution in [3.05, 3.63) is 35.1 Å². The van der Waals surface area contributed by atoms with Crippen LogP contribution in [0, 0.1) is 11.2 Å². The highest BCUT2D eigenvalue weighted by Gasteiger charge is 2.45. The van der Waals surface area contributed by atoms with Crippen LogP contribution in [0.25, 0.3) is 0 Å². The van der Waals surface area contributed by atoms with Gasteiger partial charge in [0.15, 0.2) is 0 Å². The van der Waals surface area contributed by atoms with Gasteiger partial charge in [0, 0.05) is 6.04 Å². The second-order valence-corrected chi connectivity index (χ2v) is 5.07. The van der Waals surface area contributed by atoms with E-state index < -0.39 is 0 Å². The summed E-state index contributed by atoms with van der Waals surface area (Å²) in [7, 11) is 0. The molecule has 1 aromatic carbocycles. The number of rotatable bonds is 0. The lowest BCUT2D eigenvalue weighted by atomic mass is 9.73. The fourth-order valence-electron chi connectivity index (χ4n) is 3.26. The molecule has 0 bridgehead atoms. The second kappa shape index (κ2) is 3.54. The Morgan fingerprint density at radius 3 is 2.75 bits per heavy atom. The largest absolute Gasteiger partial charge is 0.323 e. The summed E-state index contributed by atoms with van der Waals surface area (Å²) in [5.74, 6) is -0.0802. The Morgan fingerprint density at radius 2 is 2.06 bits per heavy atom. The number of hydrogen-bond acceptors (Lipinski definition) is 2. The van der Waals surface area contributed by atoms with Crippen molar-refractivity contribution in [1.82, 2.24) is 5.32 Å². The van der Waals surface area contributed by atoms with E-state index in [0.29, 0.717) is 0 Å². The fraction of sp³-hybridized carbons (Fsp3) is 0.538. The minimum absolute atomic E-state index is 0.0142. The SMILES string of the molecule is NC1c2cccc(F)c2CC12CCNCC2. The van der Waals surface area contributed by atoms with E-state index in [2.05, 4.69) is 5.32 Å². The zero-order valence-electron chi connectivity index (χ0n) is 9.30. The van der Waals surface area contributed by atoms with Crippen LogP contribution >= 0.6 is 0 Å². The van der Waals surface area contributed by atoms with Crippen LogP contribution in [-0.2, 0) is 6.42 Å². The molecule has 1 aliphatic heterocycles. The van der Waals surface area contributed by atoms with Crippen LogP contribution in [0.1, 0.15) is 30.0 Å². The summed E-state index contributed by atoms with van der Waals surface area (Å²) in [6.45, 7) is 2.01. The van der Waals surface area contributed by atoms with Gasteiger partial charge in [-0.05, 0) is 55.0 Å². The minimum atomic E-state index is -0.0802. The molecule has 1 unspecified atom stereocenters. The number of nitrogens with two attached hydrogens (primary N) is 1. The van der Waals surface area contributed by atoms with Gasteiger partial charge in [-0.3, -0.25) is 0 Å². The van der Waals surface area contributed by atoms with Crippen LogP contribution in [-0.4, -0.2) is 13.1 Å². The third-order valence-corrected chi connectivity index (χ3v) is 4.28. The predicted molar refractivity (Wildman–Crippen MR) is 61.6 cm³/mol. The first-order valence-corrected chi connectivity index (χ1v) is 5.97. The van der Waals surface area contributed by atoms with Crippen LogP contribution in [0.5, 0.6) is 0 Å². The Balaban J connectivity index is 2.02. The molecule has 1 saturated heterocycles. The first-order chi connectivity index (χ1) is 7.73. The molecule has 0 aromatic heterocycles. The summed E-state index contributed by atoms with van der Waals surface area (Å²) < 4.78 is 13.7. The van der Waals surface area contributed by atoms with Gasteiger partial charge in [0.1, 0.15) is 5.82 Å². The molecule has 86 valence electrons. The summed E-state index contributed by atoms with van der Waals surface area (Å²) in [4.78, 5) is 0. The maximum atomic E-state index is 13.7. The first kappa shape index (κ1) is 10.2. The molecule has 0 saturated carbocycles. The number of benzene rings is 1. The maximum Gasteiger partial charge on any atom is 0.126 e. The topological polar surface area (TPSA) is 38.0 Å². The van der Waals surface area contributed by atoms with Crippen LogP contribution < -0.4 is 11.1 Å². The van der Waals surface area contributed by atoms with Crippen molar-refractivity contribution in [2.45, 2.75) is 25.3 Å². The van der Waals surface area contributed by atoms with Crippen molar-refractivity contribution < 1.29 is 4.39 Å². The van der Waals surface area contributed by atoms with Crippen LogP contribution in [0.3, 0.4) is 0 Å². The molecule has 2 aliphatic rings. The molecule has 16 heavy (non-hydrogen) atoms.